The lowest BCUT2D eigenvalue weighted by Gasteiger charge is -2.36. The van der Waals surface area contributed by atoms with Gasteiger partial charge in [0.15, 0.2) is 0 Å². The van der Waals surface area contributed by atoms with Crippen LogP contribution in [0, 0.1) is 11.8 Å². The van der Waals surface area contributed by atoms with E-state index in [4.69, 9.17) is 4.74 Å². The predicted molar refractivity (Wildman–Crippen MR) is 68.0 cm³/mol. The van der Waals surface area contributed by atoms with E-state index in [1.165, 1.54) is 12.8 Å². The number of hydrogen-bond donors (Lipinski definition) is 0. The Morgan fingerprint density at radius 1 is 1.35 bits per heavy atom. The minimum Gasteiger partial charge on any atom is -0.385 e. The molecule has 0 aromatic rings. The van der Waals surface area contributed by atoms with Crippen molar-refractivity contribution in [2.45, 2.75) is 51.1 Å². The van der Waals surface area contributed by atoms with Gasteiger partial charge in [-0.05, 0) is 39.2 Å². The summed E-state index contributed by atoms with van der Waals surface area (Å²) in [5.74, 6) is 0.963. The molecule has 0 aromatic heterocycles. The van der Waals surface area contributed by atoms with Gasteiger partial charge in [0.05, 0.1) is 0 Å². The van der Waals surface area contributed by atoms with Gasteiger partial charge in [-0.3, -0.25) is 4.79 Å². The van der Waals surface area contributed by atoms with Crippen LogP contribution in [0.4, 0.5) is 0 Å². The van der Waals surface area contributed by atoms with E-state index in [2.05, 4.69) is 18.9 Å². The molecule has 2 bridgehead atoms. The van der Waals surface area contributed by atoms with Crippen molar-refractivity contribution in [1.29, 1.82) is 0 Å². The van der Waals surface area contributed by atoms with E-state index in [0.717, 1.165) is 19.3 Å². The number of carbonyl (C=O) groups is 1. The standard InChI is InChI=1S/C14H25NO2/c1-10(6-7-17-3)14(16)11-8-12-4-5-13(9-11)15(12)2/h10-13H,4-9H2,1-3H3. The third kappa shape index (κ3) is 2.71. The molecule has 0 aliphatic carbocycles. The van der Waals surface area contributed by atoms with Gasteiger partial charge in [-0.2, -0.15) is 0 Å². The Balaban J connectivity index is 1.89. The molecule has 0 saturated carbocycles. The van der Waals surface area contributed by atoms with E-state index in [-0.39, 0.29) is 5.92 Å². The SMILES string of the molecule is COCCC(C)C(=O)C1CC2CCC(C1)N2C. The molecule has 0 N–H and O–H groups in total. The minimum absolute atomic E-state index is 0.169. The van der Waals surface area contributed by atoms with Gasteiger partial charge < -0.3 is 9.64 Å². The molecule has 3 heteroatoms. The lowest BCUT2D eigenvalue weighted by molar-refractivity contribution is -0.129. The third-order valence-corrected chi connectivity index (χ3v) is 4.74. The first-order valence-electron chi connectivity index (χ1n) is 6.88. The lowest BCUT2D eigenvalue weighted by atomic mass is 9.82. The minimum atomic E-state index is 0.169. The second kappa shape index (κ2) is 5.49. The number of ketones is 1. The van der Waals surface area contributed by atoms with Gasteiger partial charge in [-0.15, -0.1) is 0 Å². The smallest absolute Gasteiger partial charge is 0.138 e. The van der Waals surface area contributed by atoms with Gasteiger partial charge >= 0.3 is 0 Å². The maximum absolute atomic E-state index is 12.4. The molecule has 98 valence electrons. The molecule has 0 aromatic carbocycles. The van der Waals surface area contributed by atoms with Gasteiger partial charge in [0.2, 0.25) is 0 Å². The second-order valence-electron chi connectivity index (χ2n) is 5.80. The first-order valence-corrected chi connectivity index (χ1v) is 6.88. The van der Waals surface area contributed by atoms with Crippen molar-refractivity contribution in [2.75, 3.05) is 20.8 Å². The fourth-order valence-electron chi connectivity index (χ4n) is 3.48. The summed E-state index contributed by atoms with van der Waals surface area (Å²) >= 11 is 0. The zero-order valence-corrected chi connectivity index (χ0v) is 11.3. The largest absolute Gasteiger partial charge is 0.385 e. The van der Waals surface area contributed by atoms with E-state index in [1.54, 1.807) is 7.11 Å². The third-order valence-electron chi connectivity index (χ3n) is 4.74. The van der Waals surface area contributed by atoms with Crippen LogP contribution < -0.4 is 0 Å². The molecule has 17 heavy (non-hydrogen) atoms. The van der Waals surface area contributed by atoms with Crippen LogP contribution in [0.25, 0.3) is 0 Å². The Morgan fingerprint density at radius 3 is 2.47 bits per heavy atom. The van der Waals surface area contributed by atoms with E-state index in [9.17, 15) is 4.79 Å². The topological polar surface area (TPSA) is 29.5 Å². The summed E-state index contributed by atoms with van der Waals surface area (Å²) in [6, 6.07) is 1.33. The van der Waals surface area contributed by atoms with Crippen molar-refractivity contribution in [3.05, 3.63) is 0 Å². The monoisotopic (exact) mass is 239 g/mol. The molecular weight excluding hydrogens is 214 g/mol. The van der Waals surface area contributed by atoms with Crippen molar-refractivity contribution in [1.82, 2.24) is 4.90 Å². The average molecular weight is 239 g/mol. The average Bonchev–Trinajstić information content (AvgIpc) is 2.58. The Hall–Kier alpha value is -0.410. The molecule has 2 heterocycles. The van der Waals surface area contributed by atoms with E-state index >= 15 is 0 Å². The quantitative estimate of drug-likeness (QED) is 0.736. The molecule has 2 rings (SSSR count). The number of ether oxygens (including phenoxy) is 1. The number of Topliss-reactive ketones (excluding diaryl/α,β-unsaturated/α-hetero) is 1. The number of piperidine rings is 1. The van der Waals surface area contributed by atoms with Crippen LogP contribution in [0.1, 0.15) is 39.0 Å². The molecule has 0 amide bonds. The molecule has 0 radical (unpaired) electrons. The van der Waals surface area contributed by atoms with Gasteiger partial charge in [0.25, 0.3) is 0 Å². The van der Waals surface area contributed by atoms with E-state index < -0.39 is 0 Å². The van der Waals surface area contributed by atoms with Gasteiger partial charge in [0, 0.05) is 37.6 Å². The van der Waals surface area contributed by atoms with E-state index in [0.29, 0.717) is 30.4 Å². The van der Waals surface area contributed by atoms with Gasteiger partial charge in [0.1, 0.15) is 5.78 Å². The molecule has 3 unspecified atom stereocenters. The number of nitrogens with zero attached hydrogens (tertiary/aromatic N) is 1. The Kier molecular flexibility index (Phi) is 4.21. The number of methoxy groups -OCH3 is 1. The fraction of sp³-hybridized carbons (Fsp3) is 0.929. The van der Waals surface area contributed by atoms with Crippen molar-refractivity contribution >= 4 is 5.78 Å². The highest BCUT2D eigenvalue weighted by molar-refractivity contribution is 5.83. The maximum Gasteiger partial charge on any atom is 0.138 e. The van der Waals surface area contributed by atoms with Crippen LogP contribution in [0.2, 0.25) is 0 Å². The highest BCUT2D eigenvalue weighted by Gasteiger charge is 2.41. The molecule has 2 aliphatic rings. The maximum atomic E-state index is 12.4. The number of rotatable bonds is 5. The summed E-state index contributed by atoms with van der Waals surface area (Å²) in [6.45, 7) is 2.76. The number of carbonyl (C=O) groups excluding carboxylic acids is 1. The normalized spacial score (nSPS) is 34.9. The Morgan fingerprint density at radius 2 is 1.94 bits per heavy atom. The van der Waals surface area contributed by atoms with Gasteiger partial charge in [-0.1, -0.05) is 6.92 Å². The van der Waals surface area contributed by atoms with Crippen LogP contribution in [-0.4, -0.2) is 43.5 Å². The van der Waals surface area contributed by atoms with Gasteiger partial charge in [-0.25, -0.2) is 0 Å². The highest BCUT2D eigenvalue weighted by atomic mass is 16.5. The molecular formula is C14H25NO2. The summed E-state index contributed by atoms with van der Waals surface area (Å²) in [6.07, 6.45) is 5.62. The van der Waals surface area contributed by atoms with Crippen molar-refractivity contribution in [3.63, 3.8) is 0 Å². The van der Waals surface area contributed by atoms with Crippen LogP contribution in [0.3, 0.4) is 0 Å². The lowest BCUT2D eigenvalue weighted by Crippen LogP contribution is -2.43. The van der Waals surface area contributed by atoms with Crippen LogP contribution in [-0.2, 0) is 9.53 Å². The predicted octanol–water partition coefficient (Wildman–Crippen LogP) is 2.10. The molecule has 2 aliphatic heterocycles. The summed E-state index contributed by atoms with van der Waals surface area (Å²) in [5, 5.41) is 0. The van der Waals surface area contributed by atoms with Crippen molar-refractivity contribution in [3.8, 4) is 0 Å². The molecule has 0 spiro atoms. The molecule has 2 fully saturated rings. The summed E-state index contributed by atoms with van der Waals surface area (Å²) in [4.78, 5) is 14.8. The molecule has 2 saturated heterocycles. The van der Waals surface area contributed by atoms with Crippen LogP contribution in [0.5, 0.6) is 0 Å². The molecule has 3 atom stereocenters. The zero-order chi connectivity index (χ0) is 12.4. The van der Waals surface area contributed by atoms with Crippen LogP contribution in [0.15, 0.2) is 0 Å². The highest BCUT2D eigenvalue weighted by Crippen LogP contribution is 2.38. The fourth-order valence-corrected chi connectivity index (χ4v) is 3.48. The van der Waals surface area contributed by atoms with Crippen LogP contribution >= 0.6 is 0 Å². The summed E-state index contributed by atoms with van der Waals surface area (Å²) < 4.78 is 5.06. The first kappa shape index (κ1) is 13.0. The summed E-state index contributed by atoms with van der Waals surface area (Å²) in [5.41, 5.74) is 0. The second-order valence-corrected chi connectivity index (χ2v) is 5.80. The molecule has 3 nitrogen and oxygen atoms in total. The zero-order valence-electron chi connectivity index (χ0n) is 11.3. The number of fused-ring (bicyclic) bond motifs is 2. The first-order chi connectivity index (χ1) is 8.13. The summed E-state index contributed by atoms with van der Waals surface area (Å²) in [7, 11) is 3.92. The van der Waals surface area contributed by atoms with Crippen molar-refractivity contribution in [2.24, 2.45) is 11.8 Å². The van der Waals surface area contributed by atoms with Crippen molar-refractivity contribution < 1.29 is 9.53 Å². The van der Waals surface area contributed by atoms with E-state index in [1.807, 2.05) is 0 Å². The Bertz CT molecular complexity index is 265. The Labute approximate surface area is 105 Å². The number of hydrogen-bond acceptors (Lipinski definition) is 3.